The third kappa shape index (κ3) is 4.51. The lowest BCUT2D eigenvalue weighted by molar-refractivity contribution is 0.271. The molecule has 1 saturated heterocycles. The minimum atomic E-state index is 0.109. The second-order valence-corrected chi connectivity index (χ2v) is 5.89. The summed E-state index contributed by atoms with van der Waals surface area (Å²) >= 11 is 0. The molecule has 1 fully saturated rings. The van der Waals surface area contributed by atoms with Crippen molar-refractivity contribution in [1.82, 2.24) is 4.90 Å². The topological polar surface area (TPSA) is 38.5 Å². The molecule has 0 aliphatic carbocycles. The largest absolute Gasteiger partial charge is 0.493 e. The van der Waals surface area contributed by atoms with Crippen LogP contribution in [0.5, 0.6) is 5.75 Å². The summed E-state index contributed by atoms with van der Waals surface area (Å²) in [5.41, 5.74) is 7.46. The molecule has 0 radical (unpaired) electrons. The summed E-state index contributed by atoms with van der Waals surface area (Å²) in [6.07, 6.45) is 2.63. The number of rotatable bonds is 6. The average molecular weight is 262 g/mol. The van der Waals surface area contributed by atoms with E-state index in [2.05, 4.69) is 30.9 Å². The second kappa shape index (κ2) is 6.92. The summed E-state index contributed by atoms with van der Waals surface area (Å²) in [6, 6.07) is 8.35. The highest BCUT2D eigenvalue weighted by atomic mass is 16.5. The highest BCUT2D eigenvalue weighted by molar-refractivity contribution is 5.29. The molecule has 106 valence electrons. The molecule has 1 aromatic rings. The van der Waals surface area contributed by atoms with Crippen LogP contribution in [0.3, 0.4) is 0 Å². The Morgan fingerprint density at radius 2 is 1.79 bits per heavy atom. The SMILES string of the molecule is CC(C)COc1ccc(C(N)CN2CCCC2)cc1. The number of likely N-dealkylation sites (tertiary alicyclic amines) is 1. The van der Waals surface area contributed by atoms with Crippen molar-refractivity contribution >= 4 is 0 Å². The van der Waals surface area contributed by atoms with Crippen molar-refractivity contribution in [3.8, 4) is 5.75 Å². The van der Waals surface area contributed by atoms with Crippen molar-refractivity contribution in [1.29, 1.82) is 0 Å². The van der Waals surface area contributed by atoms with Gasteiger partial charge < -0.3 is 15.4 Å². The van der Waals surface area contributed by atoms with Crippen LogP contribution >= 0.6 is 0 Å². The van der Waals surface area contributed by atoms with E-state index in [1.165, 1.54) is 31.5 Å². The molecule has 1 aromatic carbocycles. The molecule has 1 unspecified atom stereocenters. The molecule has 1 aliphatic rings. The standard InChI is InChI=1S/C16H26N2O/c1-13(2)12-19-15-7-5-14(6-8-15)16(17)11-18-9-3-4-10-18/h5-8,13,16H,3-4,9-12,17H2,1-2H3. The van der Waals surface area contributed by atoms with Crippen LogP contribution in [0.15, 0.2) is 24.3 Å². The number of nitrogens with zero attached hydrogens (tertiary/aromatic N) is 1. The lowest BCUT2D eigenvalue weighted by Gasteiger charge is -2.20. The predicted octanol–water partition coefficient (Wildman–Crippen LogP) is 2.82. The fraction of sp³-hybridized carbons (Fsp3) is 0.625. The molecular weight excluding hydrogens is 236 g/mol. The van der Waals surface area contributed by atoms with Gasteiger partial charge in [0.15, 0.2) is 0 Å². The summed E-state index contributed by atoms with van der Waals surface area (Å²) in [7, 11) is 0. The molecule has 3 nitrogen and oxygen atoms in total. The fourth-order valence-corrected chi connectivity index (χ4v) is 2.42. The number of nitrogens with two attached hydrogens (primary N) is 1. The van der Waals surface area contributed by atoms with Crippen molar-refractivity contribution in [2.75, 3.05) is 26.2 Å². The van der Waals surface area contributed by atoms with Gasteiger partial charge in [0.25, 0.3) is 0 Å². The predicted molar refractivity (Wildman–Crippen MR) is 79.4 cm³/mol. The summed E-state index contributed by atoms with van der Waals surface area (Å²) in [6.45, 7) is 8.43. The van der Waals surface area contributed by atoms with Crippen LogP contribution in [0.1, 0.15) is 38.3 Å². The van der Waals surface area contributed by atoms with Crippen molar-refractivity contribution in [2.24, 2.45) is 11.7 Å². The average Bonchev–Trinajstić information content (AvgIpc) is 2.89. The Morgan fingerprint density at radius 3 is 2.37 bits per heavy atom. The van der Waals surface area contributed by atoms with Gasteiger partial charge in [0.1, 0.15) is 5.75 Å². The molecule has 0 aromatic heterocycles. The first-order valence-electron chi connectivity index (χ1n) is 7.36. The molecule has 0 saturated carbocycles. The summed E-state index contributed by atoms with van der Waals surface area (Å²) < 4.78 is 5.68. The maximum atomic E-state index is 6.26. The van der Waals surface area contributed by atoms with Crippen molar-refractivity contribution in [2.45, 2.75) is 32.7 Å². The van der Waals surface area contributed by atoms with Crippen molar-refractivity contribution in [3.63, 3.8) is 0 Å². The molecule has 2 N–H and O–H groups in total. The van der Waals surface area contributed by atoms with Gasteiger partial charge in [-0.2, -0.15) is 0 Å². The highest BCUT2D eigenvalue weighted by Crippen LogP contribution is 2.19. The van der Waals surface area contributed by atoms with Gasteiger partial charge >= 0.3 is 0 Å². The molecule has 1 aliphatic heterocycles. The molecule has 1 atom stereocenters. The van der Waals surface area contributed by atoms with E-state index in [0.717, 1.165) is 18.9 Å². The lowest BCUT2D eigenvalue weighted by atomic mass is 10.1. The zero-order valence-electron chi connectivity index (χ0n) is 12.1. The van der Waals surface area contributed by atoms with Crippen LogP contribution in [0.25, 0.3) is 0 Å². The quantitative estimate of drug-likeness (QED) is 0.856. The van der Waals surface area contributed by atoms with Gasteiger partial charge in [-0.25, -0.2) is 0 Å². The molecule has 1 heterocycles. The minimum absolute atomic E-state index is 0.109. The Morgan fingerprint density at radius 1 is 1.16 bits per heavy atom. The normalized spacial score (nSPS) is 17.9. The summed E-state index contributed by atoms with van der Waals surface area (Å²) in [4.78, 5) is 2.45. The van der Waals surface area contributed by atoms with E-state index >= 15 is 0 Å². The number of hydrogen-bond acceptors (Lipinski definition) is 3. The Labute approximate surface area is 116 Å². The lowest BCUT2D eigenvalue weighted by Crippen LogP contribution is -2.29. The van der Waals surface area contributed by atoms with Gasteiger partial charge in [-0.3, -0.25) is 0 Å². The van der Waals surface area contributed by atoms with Crippen LogP contribution in [0, 0.1) is 5.92 Å². The monoisotopic (exact) mass is 262 g/mol. The molecule has 19 heavy (non-hydrogen) atoms. The highest BCUT2D eigenvalue weighted by Gasteiger charge is 2.15. The molecule has 0 spiro atoms. The summed E-state index contributed by atoms with van der Waals surface area (Å²) in [5.74, 6) is 1.49. The van der Waals surface area contributed by atoms with Crippen LogP contribution < -0.4 is 10.5 Å². The van der Waals surface area contributed by atoms with Gasteiger partial charge in [0.2, 0.25) is 0 Å². The van der Waals surface area contributed by atoms with Gasteiger partial charge in [0.05, 0.1) is 6.61 Å². The van der Waals surface area contributed by atoms with Gasteiger partial charge in [-0.05, 0) is 49.5 Å². The van der Waals surface area contributed by atoms with E-state index in [1.807, 2.05) is 12.1 Å². The van der Waals surface area contributed by atoms with E-state index in [-0.39, 0.29) is 6.04 Å². The minimum Gasteiger partial charge on any atom is -0.493 e. The van der Waals surface area contributed by atoms with Crippen molar-refractivity contribution < 1.29 is 4.74 Å². The van der Waals surface area contributed by atoms with E-state index < -0.39 is 0 Å². The van der Waals surface area contributed by atoms with E-state index in [4.69, 9.17) is 10.5 Å². The van der Waals surface area contributed by atoms with Crippen LogP contribution in [0.4, 0.5) is 0 Å². The van der Waals surface area contributed by atoms with E-state index in [9.17, 15) is 0 Å². The first-order valence-corrected chi connectivity index (χ1v) is 7.36. The van der Waals surface area contributed by atoms with E-state index in [1.54, 1.807) is 0 Å². The zero-order chi connectivity index (χ0) is 13.7. The number of hydrogen-bond donors (Lipinski definition) is 1. The molecular formula is C16H26N2O. The Hall–Kier alpha value is -1.06. The number of ether oxygens (including phenoxy) is 1. The molecule has 3 heteroatoms. The van der Waals surface area contributed by atoms with E-state index in [0.29, 0.717) is 5.92 Å². The third-order valence-electron chi connectivity index (χ3n) is 3.55. The van der Waals surface area contributed by atoms with Crippen LogP contribution in [0.2, 0.25) is 0 Å². The third-order valence-corrected chi connectivity index (χ3v) is 3.55. The zero-order valence-corrected chi connectivity index (χ0v) is 12.1. The van der Waals surface area contributed by atoms with Crippen LogP contribution in [-0.4, -0.2) is 31.1 Å². The smallest absolute Gasteiger partial charge is 0.119 e. The first-order chi connectivity index (χ1) is 9.15. The maximum absolute atomic E-state index is 6.26. The Kier molecular flexibility index (Phi) is 5.23. The summed E-state index contributed by atoms with van der Waals surface area (Å²) in [5, 5.41) is 0. The maximum Gasteiger partial charge on any atom is 0.119 e. The Balaban J connectivity index is 1.86. The molecule has 0 bridgehead atoms. The van der Waals surface area contributed by atoms with Gasteiger partial charge in [0, 0.05) is 12.6 Å². The van der Waals surface area contributed by atoms with Gasteiger partial charge in [-0.1, -0.05) is 26.0 Å². The first kappa shape index (κ1) is 14.4. The number of benzene rings is 1. The van der Waals surface area contributed by atoms with Crippen LogP contribution in [-0.2, 0) is 0 Å². The molecule has 0 amide bonds. The fourth-order valence-electron chi connectivity index (χ4n) is 2.42. The van der Waals surface area contributed by atoms with Gasteiger partial charge in [-0.15, -0.1) is 0 Å². The Bertz CT molecular complexity index is 369. The molecule has 2 rings (SSSR count). The van der Waals surface area contributed by atoms with Crippen molar-refractivity contribution in [3.05, 3.63) is 29.8 Å². The second-order valence-electron chi connectivity index (χ2n) is 5.89.